The summed E-state index contributed by atoms with van der Waals surface area (Å²) < 4.78 is 11.0. The van der Waals surface area contributed by atoms with Crippen LogP contribution in [0.3, 0.4) is 0 Å². The molecule has 0 aromatic heterocycles. The van der Waals surface area contributed by atoms with Gasteiger partial charge in [0.15, 0.2) is 0 Å². The summed E-state index contributed by atoms with van der Waals surface area (Å²) in [7, 11) is 1.61. The van der Waals surface area contributed by atoms with Gasteiger partial charge in [-0.25, -0.2) is 4.79 Å². The molecule has 0 radical (unpaired) electrons. The number of piperidine rings is 1. The molecule has 1 aromatic rings. The Morgan fingerprint density at radius 2 is 2.12 bits per heavy atom. The number of aryl methyl sites for hydroxylation is 1. The average molecular weight is 347 g/mol. The van der Waals surface area contributed by atoms with Gasteiger partial charge in [0, 0.05) is 32.3 Å². The van der Waals surface area contributed by atoms with E-state index in [1.54, 1.807) is 7.11 Å². The fourth-order valence-electron chi connectivity index (χ4n) is 3.60. The first kappa shape index (κ1) is 18.0. The lowest BCUT2D eigenvalue weighted by Gasteiger charge is -2.33. The Hall–Kier alpha value is -1.79. The highest BCUT2D eigenvalue weighted by Crippen LogP contribution is 2.25. The predicted octanol–water partition coefficient (Wildman–Crippen LogP) is 2.77. The third kappa shape index (κ3) is 5.09. The van der Waals surface area contributed by atoms with Crippen LogP contribution in [0.5, 0.6) is 5.75 Å². The molecule has 6 heteroatoms. The molecule has 0 unspecified atom stereocenters. The van der Waals surface area contributed by atoms with Crippen molar-refractivity contribution in [2.75, 3.05) is 38.7 Å². The summed E-state index contributed by atoms with van der Waals surface area (Å²) >= 11 is 0. The zero-order chi connectivity index (χ0) is 17.6. The Morgan fingerprint density at radius 3 is 2.80 bits per heavy atom. The molecule has 2 aliphatic heterocycles. The number of nitrogens with one attached hydrogen (secondary N) is 2. The van der Waals surface area contributed by atoms with Gasteiger partial charge in [0.05, 0.1) is 18.9 Å². The van der Waals surface area contributed by atoms with Crippen LogP contribution in [0.1, 0.15) is 31.2 Å². The van der Waals surface area contributed by atoms with Crippen LogP contribution in [-0.2, 0) is 4.74 Å². The molecule has 0 bridgehead atoms. The largest absolute Gasteiger partial charge is 0.495 e. The number of rotatable bonds is 5. The second kappa shape index (κ2) is 8.54. The molecule has 6 nitrogen and oxygen atoms in total. The average Bonchev–Trinajstić information content (AvgIpc) is 3.10. The van der Waals surface area contributed by atoms with Gasteiger partial charge in [-0.05, 0) is 50.3 Å². The topological polar surface area (TPSA) is 62.8 Å². The lowest BCUT2D eigenvalue weighted by atomic mass is 10.0. The summed E-state index contributed by atoms with van der Waals surface area (Å²) in [4.78, 5) is 14.8. The van der Waals surface area contributed by atoms with Crippen molar-refractivity contribution in [3.8, 4) is 5.75 Å². The van der Waals surface area contributed by atoms with Crippen molar-refractivity contribution in [2.24, 2.45) is 0 Å². The highest BCUT2D eigenvalue weighted by molar-refractivity contribution is 5.91. The monoisotopic (exact) mass is 347 g/mol. The number of amides is 2. The Morgan fingerprint density at radius 1 is 1.32 bits per heavy atom. The molecule has 2 heterocycles. The number of nitrogens with zero attached hydrogens (tertiary/aromatic N) is 1. The number of likely N-dealkylation sites (tertiary alicyclic amines) is 1. The van der Waals surface area contributed by atoms with E-state index < -0.39 is 0 Å². The number of hydrogen-bond donors (Lipinski definition) is 2. The van der Waals surface area contributed by atoms with Crippen LogP contribution in [0.25, 0.3) is 0 Å². The summed E-state index contributed by atoms with van der Waals surface area (Å²) in [6, 6.07) is 5.81. The predicted molar refractivity (Wildman–Crippen MR) is 98.3 cm³/mol. The van der Waals surface area contributed by atoms with Crippen molar-refractivity contribution >= 4 is 11.7 Å². The van der Waals surface area contributed by atoms with Gasteiger partial charge in [0.2, 0.25) is 0 Å². The smallest absolute Gasteiger partial charge is 0.319 e. The maximum absolute atomic E-state index is 12.3. The molecular weight excluding hydrogens is 318 g/mol. The number of hydrogen-bond acceptors (Lipinski definition) is 4. The van der Waals surface area contributed by atoms with Crippen molar-refractivity contribution < 1.29 is 14.3 Å². The van der Waals surface area contributed by atoms with E-state index in [1.165, 1.54) is 12.8 Å². The molecule has 138 valence electrons. The molecule has 3 rings (SSSR count). The van der Waals surface area contributed by atoms with E-state index in [2.05, 4.69) is 15.5 Å². The van der Waals surface area contributed by atoms with Gasteiger partial charge in [0.1, 0.15) is 5.75 Å². The van der Waals surface area contributed by atoms with Crippen LogP contribution in [0.4, 0.5) is 10.5 Å². The van der Waals surface area contributed by atoms with Crippen LogP contribution < -0.4 is 15.4 Å². The highest BCUT2D eigenvalue weighted by Gasteiger charge is 2.24. The number of carbonyl (C=O) groups is 1. The Balaban J connectivity index is 1.44. The second-order valence-corrected chi connectivity index (χ2v) is 7.01. The molecule has 0 saturated carbocycles. The zero-order valence-electron chi connectivity index (χ0n) is 15.2. The van der Waals surface area contributed by atoms with Crippen LogP contribution >= 0.6 is 0 Å². The second-order valence-electron chi connectivity index (χ2n) is 7.01. The molecule has 25 heavy (non-hydrogen) atoms. The maximum atomic E-state index is 12.3. The van der Waals surface area contributed by atoms with Gasteiger partial charge >= 0.3 is 6.03 Å². The van der Waals surface area contributed by atoms with Crippen LogP contribution in [0, 0.1) is 6.92 Å². The number of benzene rings is 1. The Bertz CT molecular complexity index is 579. The lowest BCUT2D eigenvalue weighted by Crippen LogP contribution is -2.47. The van der Waals surface area contributed by atoms with Gasteiger partial charge in [-0.2, -0.15) is 0 Å². The SMILES string of the molecule is COc1ccc(C)cc1NC(=O)NC1CCN(C[C@@H]2CCCO2)CC1. The molecular formula is C19H29N3O3. The maximum Gasteiger partial charge on any atom is 0.319 e. The van der Waals surface area contributed by atoms with Gasteiger partial charge in [0.25, 0.3) is 0 Å². The standard InChI is InChI=1S/C19H29N3O3/c1-14-5-6-18(24-2)17(12-14)21-19(23)20-15-7-9-22(10-8-15)13-16-4-3-11-25-16/h5-6,12,15-16H,3-4,7-11,13H2,1-2H3,(H2,20,21,23)/t16-/m0/s1. The minimum Gasteiger partial charge on any atom is -0.495 e. The Kier molecular flexibility index (Phi) is 6.15. The lowest BCUT2D eigenvalue weighted by molar-refractivity contribution is 0.0633. The van der Waals surface area contributed by atoms with Gasteiger partial charge in [-0.3, -0.25) is 0 Å². The highest BCUT2D eigenvalue weighted by atomic mass is 16.5. The number of methoxy groups -OCH3 is 1. The van der Waals surface area contributed by atoms with E-state index in [0.717, 1.165) is 44.6 Å². The van der Waals surface area contributed by atoms with Crippen molar-refractivity contribution in [1.29, 1.82) is 0 Å². The molecule has 2 fully saturated rings. The van der Waals surface area contributed by atoms with Gasteiger partial charge < -0.3 is 25.0 Å². The molecule has 2 amide bonds. The summed E-state index contributed by atoms with van der Waals surface area (Å²) in [5, 5.41) is 6.00. The fraction of sp³-hybridized carbons (Fsp3) is 0.632. The number of anilines is 1. The molecule has 2 saturated heterocycles. The van der Waals surface area contributed by atoms with Crippen molar-refractivity contribution in [2.45, 2.75) is 44.8 Å². The fourth-order valence-corrected chi connectivity index (χ4v) is 3.60. The van der Waals surface area contributed by atoms with Gasteiger partial charge in [-0.15, -0.1) is 0 Å². The van der Waals surface area contributed by atoms with E-state index in [0.29, 0.717) is 17.5 Å². The first-order valence-corrected chi connectivity index (χ1v) is 9.20. The number of ether oxygens (including phenoxy) is 2. The number of urea groups is 1. The third-order valence-corrected chi connectivity index (χ3v) is 5.01. The normalized spacial score (nSPS) is 21.9. The van der Waals surface area contributed by atoms with Crippen molar-refractivity contribution in [3.63, 3.8) is 0 Å². The van der Waals surface area contributed by atoms with Crippen molar-refractivity contribution in [1.82, 2.24) is 10.2 Å². The molecule has 1 atom stereocenters. The molecule has 1 aromatic carbocycles. The first-order chi connectivity index (χ1) is 12.1. The summed E-state index contributed by atoms with van der Waals surface area (Å²) in [5.74, 6) is 0.673. The van der Waals surface area contributed by atoms with Crippen molar-refractivity contribution in [3.05, 3.63) is 23.8 Å². The third-order valence-electron chi connectivity index (χ3n) is 5.01. The molecule has 0 spiro atoms. The minimum absolute atomic E-state index is 0.165. The van der Waals surface area contributed by atoms with E-state index in [-0.39, 0.29) is 12.1 Å². The van der Waals surface area contributed by atoms with Crippen LogP contribution in [0.15, 0.2) is 18.2 Å². The Labute approximate surface area is 149 Å². The zero-order valence-corrected chi connectivity index (χ0v) is 15.2. The molecule has 2 N–H and O–H groups in total. The van der Waals surface area contributed by atoms with Crippen LogP contribution in [-0.4, -0.2) is 56.4 Å². The molecule has 0 aliphatic carbocycles. The van der Waals surface area contributed by atoms with E-state index >= 15 is 0 Å². The summed E-state index contributed by atoms with van der Waals surface area (Å²) in [6.45, 7) is 5.95. The molecule has 2 aliphatic rings. The van der Waals surface area contributed by atoms with E-state index in [1.807, 2.05) is 25.1 Å². The quantitative estimate of drug-likeness (QED) is 0.860. The van der Waals surface area contributed by atoms with Gasteiger partial charge in [-0.1, -0.05) is 6.07 Å². The van der Waals surface area contributed by atoms with E-state index in [9.17, 15) is 4.79 Å². The summed E-state index contributed by atoms with van der Waals surface area (Å²) in [6.07, 6.45) is 4.72. The first-order valence-electron chi connectivity index (χ1n) is 9.20. The minimum atomic E-state index is -0.165. The van der Waals surface area contributed by atoms with Crippen LogP contribution in [0.2, 0.25) is 0 Å². The number of carbonyl (C=O) groups excluding carboxylic acids is 1. The van der Waals surface area contributed by atoms with E-state index in [4.69, 9.17) is 9.47 Å². The summed E-state index contributed by atoms with van der Waals surface area (Å²) in [5.41, 5.74) is 1.79.